The van der Waals surface area contributed by atoms with Crippen LogP contribution in [0.4, 0.5) is 10.3 Å². The fourth-order valence-electron chi connectivity index (χ4n) is 2.51. The highest BCUT2D eigenvalue weighted by molar-refractivity contribution is 7.14. The van der Waals surface area contributed by atoms with Crippen molar-refractivity contribution < 1.29 is 14.7 Å². The first-order valence-corrected chi connectivity index (χ1v) is 9.54. The van der Waals surface area contributed by atoms with E-state index in [1.54, 1.807) is 47.4 Å². The number of phenolic OH excluding ortho intramolecular Hbond substituents is 1. The van der Waals surface area contributed by atoms with E-state index in [0.717, 1.165) is 5.39 Å². The second-order valence-electron chi connectivity index (χ2n) is 5.51. The highest BCUT2D eigenvalue weighted by Crippen LogP contribution is 2.27. The predicted molar refractivity (Wildman–Crippen MR) is 106 cm³/mol. The molecule has 0 unspecified atom stereocenters. The first-order valence-electron chi connectivity index (χ1n) is 7.78. The van der Waals surface area contributed by atoms with Gasteiger partial charge >= 0.3 is 0 Å². The number of aromatic hydroxyl groups is 1. The number of carbonyl (C=O) groups is 2. The molecule has 3 N–H and O–H groups in total. The van der Waals surface area contributed by atoms with Crippen LogP contribution in [0.1, 0.15) is 20.7 Å². The first kappa shape index (κ1) is 17.1. The normalized spacial score (nSPS) is 10.7. The van der Waals surface area contributed by atoms with E-state index in [0.29, 0.717) is 21.2 Å². The predicted octanol–water partition coefficient (Wildman–Crippen LogP) is 3.96. The summed E-state index contributed by atoms with van der Waals surface area (Å²) in [6.45, 7) is 0. The number of nitrogens with one attached hydrogen (secondary N) is 2. The SMILES string of the molecule is O=C(Nc1nccs1)c1ccc2cc(C(=O)Nc3nccs3)c(O)cc2c1. The maximum absolute atomic E-state index is 12.4. The van der Waals surface area contributed by atoms with Gasteiger partial charge in [-0.2, -0.15) is 0 Å². The maximum Gasteiger partial charge on any atom is 0.261 e. The van der Waals surface area contributed by atoms with Crippen LogP contribution in [-0.4, -0.2) is 26.9 Å². The minimum Gasteiger partial charge on any atom is -0.507 e. The topological polar surface area (TPSA) is 104 Å². The Balaban J connectivity index is 1.61. The molecule has 4 aromatic rings. The van der Waals surface area contributed by atoms with Crippen LogP contribution in [0, 0.1) is 0 Å². The Morgan fingerprint density at radius 3 is 2.15 bits per heavy atom. The van der Waals surface area contributed by atoms with Crippen LogP contribution in [0.5, 0.6) is 5.75 Å². The molecule has 0 saturated carbocycles. The van der Waals surface area contributed by atoms with Crippen LogP contribution in [0.15, 0.2) is 53.5 Å². The molecule has 0 atom stereocenters. The Morgan fingerprint density at radius 1 is 0.852 bits per heavy atom. The number of anilines is 2. The first-order chi connectivity index (χ1) is 13.1. The molecular formula is C18H12N4O3S2. The molecule has 0 saturated heterocycles. The Hall–Kier alpha value is -3.30. The molecule has 27 heavy (non-hydrogen) atoms. The molecule has 2 amide bonds. The highest BCUT2D eigenvalue weighted by Gasteiger charge is 2.15. The van der Waals surface area contributed by atoms with Gasteiger partial charge in [-0.25, -0.2) is 9.97 Å². The minimum atomic E-state index is -0.449. The number of thiazole rings is 2. The monoisotopic (exact) mass is 396 g/mol. The summed E-state index contributed by atoms with van der Waals surface area (Å²) in [4.78, 5) is 32.7. The summed E-state index contributed by atoms with van der Waals surface area (Å²) >= 11 is 2.62. The van der Waals surface area contributed by atoms with E-state index in [2.05, 4.69) is 20.6 Å². The van der Waals surface area contributed by atoms with E-state index in [-0.39, 0.29) is 17.2 Å². The molecule has 2 aromatic heterocycles. The summed E-state index contributed by atoms with van der Waals surface area (Å²) in [6.07, 6.45) is 3.19. The van der Waals surface area contributed by atoms with Gasteiger partial charge in [0.05, 0.1) is 5.56 Å². The molecule has 0 aliphatic heterocycles. The van der Waals surface area contributed by atoms with Crippen molar-refractivity contribution in [1.29, 1.82) is 0 Å². The van der Waals surface area contributed by atoms with Gasteiger partial charge in [-0.15, -0.1) is 22.7 Å². The van der Waals surface area contributed by atoms with Crippen LogP contribution < -0.4 is 10.6 Å². The summed E-state index contributed by atoms with van der Waals surface area (Å²) < 4.78 is 0. The summed E-state index contributed by atoms with van der Waals surface area (Å²) in [5.74, 6) is -0.916. The average molecular weight is 396 g/mol. The number of hydrogen-bond donors (Lipinski definition) is 3. The molecule has 0 bridgehead atoms. The van der Waals surface area contributed by atoms with Crippen molar-refractivity contribution in [3.05, 3.63) is 64.6 Å². The highest BCUT2D eigenvalue weighted by atomic mass is 32.1. The Labute approximate surface area is 161 Å². The molecule has 2 aromatic carbocycles. The fourth-order valence-corrected chi connectivity index (χ4v) is 3.56. The fraction of sp³-hybridized carbons (Fsp3) is 0. The second kappa shape index (κ2) is 7.14. The van der Waals surface area contributed by atoms with Gasteiger partial charge in [0.2, 0.25) is 0 Å². The number of hydrogen-bond acceptors (Lipinski definition) is 7. The molecule has 0 radical (unpaired) electrons. The van der Waals surface area contributed by atoms with E-state index in [1.807, 2.05) is 0 Å². The molecule has 0 aliphatic rings. The summed E-state index contributed by atoms with van der Waals surface area (Å²) in [6, 6.07) is 8.08. The van der Waals surface area contributed by atoms with E-state index in [4.69, 9.17) is 0 Å². The number of aromatic nitrogens is 2. The van der Waals surface area contributed by atoms with E-state index in [1.165, 1.54) is 28.7 Å². The molecular weight excluding hydrogens is 384 g/mol. The van der Waals surface area contributed by atoms with Gasteiger partial charge < -0.3 is 5.11 Å². The molecule has 7 nitrogen and oxygen atoms in total. The molecule has 134 valence electrons. The number of nitrogens with zero attached hydrogens (tertiary/aromatic N) is 2. The van der Waals surface area contributed by atoms with Crippen molar-refractivity contribution in [2.75, 3.05) is 10.6 Å². The maximum atomic E-state index is 12.4. The van der Waals surface area contributed by atoms with Crippen LogP contribution in [0.3, 0.4) is 0 Å². The number of amides is 2. The smallest absolute Gasteiger partial charge is 0.261 e. The quantitative estimate of drug-likeness (QED) is 0.484. The third-order valence-electron chi connectivity index (χ3n) is 3.77. The van der Waals surface area contributed by atoms with Gasteiger partial charge in [0, 0.05) is 28.7 Å². The lowest BCUT2D eigenvalue weighted by molar-refractivity contribution is 0.101. The molecule has 0 spiro atoms. The van der Waals surface area contributed by atoms with Crippen molar-refractivity contribution in [1.82, 2.24) is 9.97 Å². The van der Waals surface area contributed by atoms with Crippen LogP contribution in [0.2, 0.25) is 0 Å². The van der Waals surface area contributed by atoms with Crippen LogP contribution in [0.25, 0.3) is 10.8 Å². The Morgan fingerprint density at radius 2 is 1.52 bits per heavy atom. The number of fused-ring (bicyclic) bond motifs is 1. The lowest BCUT2D eigenvalue weighted by Gasteiger charge is -2.08. The molecule has 9 heteroatoms. The minimum absolute atomic E-state index is 0.137. The third-order valence-corrected chi connectivity index (χ3v) is 5.14. The largest absolute Gasteiger partial charge is 0.507 e. The third kappa shape index (κ3) is 3.64. The van der Waals surface area contributed by atoms with Gasteiger partial charge in [-0.3, -0.25) is 20.2 Å². The van der Waals surface area contributed by atoms with Crippen LogP contribution in [-0.2, 0) is 0 Å². The van der Waals surface area contributed by atoms with Gasteiger partial charge in [0.25, 0.3) is 11.8 Å². The lowest BCUT2D eigenvalue weighted by Crippen LogP contribution is -2.12. The number of carbonyl (C=O) groups excluding carboxylic acids is 2. The number of phenols is 1. The number of benzene rings is 2. The zero-order valence-electron chi connectivity index (χ0n) is 13.7. The van der Waals surface area contributed by atoms with Gasteiger partial charge in [0.15, 0.2) is 10.3 Å². The summed E-state index contributed by atoms with van der Waals surface area (Å²) in [7, 11) is 0. The van der Waals surface area contributed by atoms with E-state index < -0.39 is 5.91 Å². The molecule has 0 fully saturated rings. The van der Waals surface area contributed by atoms with Crippen LogP contribution >= 0.6 is 22.7 Å². The van der Waals surface area contributed by atoms with Gasteiger partial charge in [0.1, 0.15) is 5.75 Å². The summed E-state index contributed by atoms with van der Waals surface area (Å²) in [5.41, 5.74) is 0.565. The van der Waals surface area contributed by atoms with Crippen molar-refractivity contribution in [3.63, 3.8) is 0 Å². The van der Waals surface area contributed by atoms with E-state index >= 15 is 0 Å². The second-order valence-corrected chi connectivity index (χ2v) is 7.30. The lowest BCUT2D eigenvalue weighted by atomic mass is 10.0. The van der Waals surface area contributed by atoms with Crippen molar-refractivity contribution in [2.45, 2.75) is 0 Å². The zero-order chi connectivity index (χ0) is 18.8. The van der Waals surface area contributed by atoms with Crippen molar-refractivity contribution >= 4 is 55.5 Å². The van der Waals surface area contributed by atoms with E-state index in [9.17, 15) is 14.7 Å². The zero-order valence-corrected chi connectivity index (χ0v) is 15.3. The molecule has 0 aliphatic carbocycles. The molecule has 4 rings (SSSR count). The molecule has 2 heterocycles. The van der Waals surface area contributed by atoms with Gasteiger partial charge in [-0.1, -0.05) is 6.07 Å². The van der Waals surface area contributed by atoms with Gasteiger partial charge in [-0.05, 0) is 35.0 Å². The van der Waals surface area contributed by atoms with Crippen molar-refractivity contribution in [3.8, 4) is 5.75 Å². The standard InChI is InChI=1S/C18H12N4O3S2/c23-14-9-12-7-11(15(24)21-17-19-3-5-26-17)2-1-10(12)8-13(14)16(25)22-18-20-4-6-27-18/h1-9,23H,(H,19,21,24)(H,20,22,25). The Bertz CT molecular complexity index is 1130. The Kier molecular flexibility index (Phi) is 4.53. The number of rotatable bonds is 4. The van der Waals surface area contributed by atoms with Crippen molar-refractivity contribution in [2.24, 2.45) is 0 Å². The summed E-state index contributed by atoms with van der Waals surface area (Å²) in [5, 5.41) is 21.4. The average Bonchev–Trinajstić information content (AvgIpc) is 3.34.